The van der Waals surface area contributed by atoms with Gasteiger partial charge in [0.1, 0.15) is 5.82 Å². The molecule has 1 atom stereocenters. The fourth-order valence-corrected chi connectivity index (χ4v) is 2.06. The maximum Gasteiger partial charge on any atom is 0.141 e. The van der Waals surface area contributed by atoms with Gasteiger partial charge in [-0.25, -0.2) is 4.39 Å². The number of hydrogen-bond donors (Lipinski definition) is 1. The Kier molecular flexibility index (Phi) is 3.62. The molecule has 1 heterocycles. The molecule has 2 aromatic rings. The van der Waals surface area contributed by atoms with Gasteiger partial charge in [-0.1, -0.05) is 29.3 Å². The zero-order valence-corrected chi connectivity index (χ0v) is 10.2. The summed E-state index contributed by atoms with van der Waals surface area (Å²) >= 11 is 11.8. The molecular weight excluding hydrogens is 262 g/mol. The predicted molar refractivity (Wildman–Crippen MR) is 66.7 cm³/mol. The Morgan fingerprint density at radius 2 is 1.94 bits per heavy atom. The second kappa shape index (κ2) is 5.00. The minimum atomic E-state index is -0.525. The molecule has 0 bridgehead atoms. The first-order chi connectivity index (χ1) is 8.08. The Balaban J connectivity index is 2.40. The second-order valence-electron chi connectivity index (χ2n) is 3.58. The SMILES string of the molecule is NC(c1cncc(F)c1)c1ccc(Cl)cc1Cl. The van der Waals surface area contributed by atoms with Gasteiger partial charge in [-0.3, -0.25) is 4.98 Å². The average molecular weight is 271 g/mol. The van der Waals surface area contributed by atoms with Gasteiger partial charge in [-0.05, 0) is 29.3 Å². The van der Waals surface area contributed by atoms with E-state index in [1.807, 2.05) is 0 Å². The van der Waals surface area contributed by atoms with Gasteiger partial charge in [0, 0.05) is 16.2 Å². The smallest absolute Gasteiger partial charge is 0.141 e. The molecule has 0 fully saturated rings. The van der Waals surface area contributed by atoms with Gasteiger partial charge in [0.15, 0.2) is 0 Å². The van der Waals surface area contributed by atoms with Crippen molar-refractivity contribution in [2.24, 2.45) is 5.73 Å². The van der Waals surface area contributed by atoms with Crippen molar-refractivity contribution in [2.45, 2.75) is 6.04 Å². The van der Waals surface area contributed by atoms with Crippen LogP contribution in [-0.4, -0.2) is 4.98 Å². The molecule has 0 spiro atoms. The molecule has 0 amide bonds. The van der Waals surface area contributed by atoms with E-state index >= 15 is 0 Å². The van der Waals surface area contributed by atoms with Crippen LogP contribution in [0.3, 0.4) is 0 Å². The number of rotatable bonds is 2. The highest BCUT2D eigenvalue weighted by atomic mass is 35.5. The van der Waals surface area contributed by atoms with Crippen molar-refractivity contribution in [1.82, 2.24) is 4.98 Å². The minimum absolute atomic E-state index is 0.428. The third-order valence-corrected chi connectivity index (χ3v) is 2.95. The fourth-order valence-electron chi connectivity index (χ4n) is 1.53. The maximum absolute atomic E-state index is 13.0. The summed E-state index contributed by atoms with van der Waals surface area (Å²) in [6.45, 7) is 0. The largest absolute Gasteiger partial charge is 0.320 e. The van der Waals surface area contributed by atoms with Crippen molar-refractivity contribution >= 4 is 23.2 Å². The lowest BCUT2D eigenvalue weighted by Crippen LogP contribution is -2.13. The summed E-state index contributed by atoms with van der Waals surface area (Å²) in [6, 6.07) is 5.83. The standard InChI is InChI=1S/C12H9Cl2FN2/c13-8-1-2-10(11(14)4-8)12(16)7-3-9(15)6-17-5-7/h1-6,12H,16H2. The Labute approximate surface area is 108 Å². The van der Waals surface area contributed by atoms with E-state index in [2.05, 4.69) is 4.98 Å². The summed E-state index contributed by atoms with van der Waals surface area (Å²) in [5.41, 5.74) is 7.25. The van der Waals surface area contributed by atoms with Gasteiger partial charge >= 0.3 is 0 Å². The molecule has 17 heavy (non-hydrogen) atoms. The maximum atomic E-state index is 13.0. The van der Waals surface area contributed by atoms with Crippen LogP contribution in [0, 0.1) is 5.82 Å². The quantitative estimate of drug-likeness (QED) is 0.906. The van der Waals surface area contributed by atoms with E-state index in [1.165, 1.54) is 12.3 Å². The molecule has 1 aromatic carbocycles. The molecule has 0 radical (unpaired) electrons. The summed E-state index contributed by atoms with van der Waals surface area (Å²) in [5, 5.41) is 0.984. The van der Waals surface area contributed by atoms with Crippen LogP contribution in [0.1, 0.15) is 17.2 Å². The Hall–Kier alpha value is -1.16. The highest BCUT2D eigenvalue weighted by Crippen LogP contribution is 2.28. The van der Waals surface area contributed by atoms with Gasteiger partial charge in [0.25, 0.3) is 0 Å². The van der Waals surface area contributed by atoms with Crippen molar-refractivity contribution in [1.29, 1.82) is 0 Å². The van der Waals surface area contributed by atoms with Gasteiger partial charge in [0.05, 0.1) is 12.2 Å². The molecule has 88 valence electrons. The van der Waals surface area contributed by atoms with Gasteiger partial charge in [0.2, 0.25) is 0 Å². The Morgan fingerprint density at radius 3 is 2.59 bits per heavy atom. The lowest BCUT2D eigenvalue weighted by Gasteiger charge is -2.14. The highest BCUT2D eigenvalue weighted by molar-refractivity contribution is 6.35. The van der Waals surface area contributed by atoms with Crippen LogP contribution in [0.4, 0.5) is 4.39 Å². The Morgan fingerprint density at radius 1 is 1.18 bits per heavy atom. The van der Waals surface area contributed by atoms with E-state index in [9.17, 15) is 4.39 Å². The summed E-state index contributed by atoms with van der Waals surface area (Å²) in [7, 11) is 0. The van der Waals surface area contributed by atoms with E-state index < -0.39 is 11.9 Å². The number of halogens is 3. The summed E-state index contributed by atoms with van der Waals surface area (Å²) in [5.74, 6) is -0.428. The van der Waals surface area contributed by atoms with Crippen LogP contribution in [0.15, 0.2) is 36.7 Å². The third kappa shape index (κ3) is 2.75. The molecule has 1 aromatic heterocycles. The first-order valence-electron chi connectivity index (χ1n) is 4.89. The molecule has 0 aliphatic heterocycles. The normalized spacial score (nSPS) is 12.5. The lowest BCUT2D eigenvalue weighted by molar-refractivity contribution is 0.616. The first kappa shape index (κ1) is 12.3. The van der Waals surface area contributed by atoms with Gasteiger partial charge in [-0.2, -0.15) is 0 Å². The van der Waals surface area contributed by atoms with Crippen LogP contribution < -0.4 is 5.73 Å². The summed E-state index contributed by atoms with van der Waals surface area (Å²) in [6.07, 6.45) is 2.64. The zero-order chi connectivity index (χ0) is 12.4. The van der Waals surface area contributed by atoms with E-state index in [1.54, 1.807) is 18.2 Å². The summed E-state index contributed by atoms with van der Waals surface area (Å²) in [4.78, 5) is 3.75. The number of benzene rings is 1. The van der Waals surface area contributed by atoms with Crippen LogP contribution in [0.25, 0.3) is 0 Å². The summed E-state index contributed by atoms with van der Waals surface area (Å²) < 4.78 is 13.0. The van der Waals surface area contributed by atoms with E-state index in [0.29, 0.717) is 21.2 Å². The zero-order valence-electron chi connectivity index (χ0n) is 8.70. The van der Waals surface area contributed by atoms with Crippen molar-refractivity contribution in [2.75, 3.05) is 0 Å². The Bertz CT molecular complexity index is 546. The highest BCUT2D eigenvalue weighted by Gasteiger charge is 2.13. The van der Waals surface area contributed by atoms with Crippen molar-refractivity contribution in [3.63, 3.8) is 0 Å². The van der Waals surface area contributed by atoms with Gasteiger partial charge in [-0.15, -0.1) is 0 Å². The average Bonchev–Trinajstić information content (AvgIpc) is 2.28. The molecule has 0 saturated carbocycles. The fraction of sp³-hybridized carbons (Fsp3) is 0.0833. The molecule has 1 unspecified atom stereocenters. The number of nitrogens with zero attached hydrogens (tertiary/aromatic N) is 1. The molecule has 2 nitrogen and oxygen atoms in total. The molecule has 0 aliphatic carbocycles. The monoisotopic (exact) mass is 270 g/mol. The first-order valence-corrected chi connectivity index (χ1v) is 5.64. The number of pyridine rings is 1. The van der Waals surface area contributed by atoms with Crippen molar-refractivity contribution in [3.8, 4) is 0 Å². The van der Waals surface area contributed by atoms with E-state index in [-0.39, 0.29) is 0 Å². The molecule has 0 saturated heterocycles. The number of aromatic nitrogens is 1. The van der Waals surface area contributed by atoms with Crippen molar-refractivity contribution in [3.05, 3.63) is 63.6 Å². The lowest BCUT2D eigenvalue weighted by atomic mass is 10.0. The number of nitrogens with two attached hydrogens (primary N) is 1. The molecular formula is C12H9Cl2FN2. The molecule has 2 N–H and O–H groups in total. The van der Waals surface area contributed by atoms with E-state index in [0.717, 1.165) is 6.20 Å². The predicted octanol–water partition coefficient (Wildman–Crippen LogP) is 3.58. The molecule has 0 aliphatic rings. The second-order valence-corrected chi connectivity index (χ2v) is 4.42. The number of hydrogen-bond acceptors (Lipinski definition) is 2. The van der Waals surface area contributed by atoms with Crippen molar-refractivity contribution < 1.29 is 4.39 Å². The van der Waals surface area contributed by atoms with Crippen LogP contribution in [0.2, 0.25) is 10.0 Å². The molecule has 5 heteroatoms. The van der Waals surface area contributed by atoms with Crippen LogP contribution >= 0.6 is 23.2 Å². The van der Waals surface area contributed by atoms with E-state index in [4.69, 9.17) is 28.9 Å². The topological polar surface area (TPSA) is 38.9 Å². The van der Waals surface area contributed by atoms with Crippen LogP contribution in [0.5, 0.6) is 0 Å². The minimum Gasteiger partial charge on any atom is -0.320 e. The molecule has 2 rings (SSSR count). The third-order valence-electron chi connectivity index (χ3n) is 2.38. The van der Waals surface area contributed by atoms with Crippen LogP contribution in [-0.2, 0) is 0 Å². The van der Waals surface area contributed by atoms with Gasteiger partial charge < -0.3 is 5.73 Å².